The zero-order valence-electron chi connectivity index (χ0n) is 15.9. The van der Waals surface area contributed by atoms with Crippen molar-refractivity contribution in [2.75, 3.05) is 26.2 Å². The number of nitrogens with one attached hydrogen (secondary N) is 1. The number of benzene rings is 2. The molecule has 0 atom stereocenters. The van der Waals surface area contributed by atoms with Gasteiger partial charge in [0.15, 0.2) is 5.69 Å². The van der Waals surface area contributed by atoms with Gasteiger partial charge in [0, 0.05) is 36.6 Å². The summed E-state index contributed by atoms with van der Waals surface area (Å²) in [6.45, 7) is 2.10. The van der Waals surface area contributed by atoms with E-state index in [4.69, 9.17) is 11.6 Å². The molecule has 1 aliphatic carbocycles. The van der Waals surface area contributed by atoms with Crippen LogP contribution < -0.4 is 0 Å². The number of hydrogen-bond donors (Lipinski definition) is 1. The maximum absolute atomic E-state index is 13.2. The standard InChI is InChI=1S/C22H21ClN4O2/c23-16-5-3-4-15(14-16)22(8-9-22)21(29)27-12-10-26(11-13-27)20(28)19-17-6-1-2-7-18(17)24-25-19/h1-7,14H,8-13H2,(H,24,25). The van der Waals surface area contributed by atoms with Crippen molar-refractivity contribution in [1.82, 2.24) is 20.0 Å². The molecule has 1 aliphatic heterocycles. The van der Waals surface area contributed by atoms with E-state index < -0.39 is 5.41 Å². The normalized spacial score (nSPS) is 18.1. The van der Waals surface area contributed by atoms with Crippen LogP contribution in [-0.2, 0) is 10.2 Å². The molecule has 7 heteroatoms. The van der Waals surface area contributed by atoms with Crippen molar-refractivity contribution in [3.63, 3.8) is 0 Å². The number of nitrogens with zero attached hydrogens (tertiary/aromatic N) is 3. The summed E-state index contributed by atoms with van der Waals surface area (Å²) in [5.74, 6) is 0.0580. The Labute approximate surface area is 173 Å². The molecule has 0 unspecified atom stereocenters. The molecule has 2 aliphatic rings. The molecular formula is C22H21ClN4O2. The van der Waals surface area contributed by atoms with Crippen LogP contribution in [0.2, 0.25) is 5.02 Å². The molecule has 2 aromatic carbocycles. The van der Waals surface area contributed by atoms with Crippen LogP contribution in [0.25, 0.3) is 10.9 Å². The molecule has 6 nitrogen and oxygen atoms in total. The van der Waals surface area contributed by atoms with Gasteiger partial charge in [-0.15, -0.1) is 0 Å². The highest BCUT2D eigenvalue weighted by atomic mass is 35.5. The highest BCUT2D eigenvalue weighted by Crippen LogP contribution is 2.50. The van der Waals surface area contributed by atoms with Crippen LogP contribution in [0.5, 0.6) is 0 Å². The van der Waals surface area contributed by atoms with Crippen molar-refractivity contribution in [2.45, 2.75) is 18.3 Å². The van der Waals surface area contributed by atoms with Gasteiger partial charge in [-0.1, -0.05) is 41.9 Å². The Bertz CT molecular complexity index is 1100. The first-order chi connectivity index (χ1) is 14.1. The first-order valence-electron chi connectivity index (χ1n) is 9.86. The zero-order chi connectivity index (χ0) is 20.0. The van der Waals surface area contributed by atoms with E-state index in [-0.39, 0.29) is 11.8 Å². The number of halogens is 1. The average Bonchev–Trinajstić information content (AvgIpc) is 3.46. The Morgan fingerprint density at radius 1 is 0.966 bits per heavy atom. The number of para-hydroxylation sites is 1. The molecule has 1 aromatic heterocycles. The maximum Gasteiger partial charge on any atom is 0.275 e. The average molecular weight is 409 g/mol. The summed E-state index contributed by atoms with van der Waals surface area (Å²) >= 11 is 6.14. The van der Waals surface area contributed by atoms with Crippen molar-refractivity contribution in [1.29, 1.82) is 0 Å². The molecule has 29 heavy (non-hydrogen) atoms. The predicted octanol–water partition coefficient (Wildman–Crippen LogP) is 3.23. The predicted molar refractivity (Wildman–Crippen MR) is 111 cm³/mol. The van der Waals surface area contributed by atoms with Gasteiger partial charge in [0.2, 0.25) is 5.91 Å². The Kier molecular flexibility index (Phi) is 4.32. The molecule has 2 heterocycles. The van der Waals surface area contributed by atoms with Crippen LogP contribution in [0.3, 0.4) is 0 Å². The zero-order valence-corrected chi connectivity index (χ0v) is 16.7. The highest BCUT2D eigenvalue weighted by Gasteiger charge is 2.53. The molecule has 1 saturated heterocycles. The van der Waals surface area contributed by atoms with Crippen molar-refractivity contribution < 1.29 is 9.59 Å². The van der Waals surface area contributed by atoms with E-state index in [1.54, 1.807) is 4.90 Å². The molecule has 0 radical (unpaired) electrons. The van der Waals surface area contributed by atoms with Crippen molar-refractivity contribution in [3.05, 3.63) is 64.8 Å². The molecule has 5 rings (SSSR count). The smallest absolute Gasteiger partial charge is 0.275 e. The molecule has 3 aromatic rings. The van der Waals surface area contributed by atoms with Crippen molar-refractivity contribution >= 4 is 34.3 Å². The number of carbonyl (C=O) groups excluding carboxylic acids is 2. The number of rotatable bonds is 3. The third-order valence-corrected chi connectivity index (χ3v) is 6.30. The molecule has 0 spiro atoms. The lowest BCUT2D eigenvalue weighted by molar-refractivity contribution is -0.135. The summed E-state index contributed by atoms with van der Waals surface area (Å²) in [6.07, 6.45) is 1.70. The number of hydrogen-bond acceptors (Lipinski definition) is 3. The van der Waals surface area contributed by atoms with Crippen LogP contribution >= 0.6 is 11.6 Å². The monoisotopic (exact) mass is 408 g/mol. The second kappa shape index (κ2) is 6.88. The fraction of sp³-hybridized carbons (Fsp3) is 0.318. The van der Waals surface area contributed by atoms with E-state index in [0.717, 1.165) is 29.3 Å². The summed E-state index contributed by atoms with van der Waals surface area (Å²) in [6, 6.07) is 15.2. The number of aromatic amines is 1. The summed E-state index contributed by atoms with van der Waals surface area (Å²) in [5.41, 5.74) is 1.85. The largest absolute Gasteiger partial charge is 0.338 e. The number of piperazine rings is 1. The van der Waals surface area contributed by atoms with E-state index in [0.29, 0.717) is 36.9 Å². The number of fused-ring (bicyclic) bond motifs is 1. The van der Waals surface area contributed by atoms with Crippen LogP contribution in [0.15, 0.2) is 48.5 Å². The molecule has 1 N–H and O–H groups in total. The minimum absolute atomic E-state index is 0.0921. The summed E-state index contributed by atoms with van der Waals surface area (Å²) in [7, 11) is 0. The van der Waals surface area contributed by atoms with Gasteiger partial charge in [0.25, 0.3) is 5.91 Å². The van der Waals surface area contributed by atoms with Crippen LogP contribution in [0.1, 0.15) is 28.9 Å². The number of carbonyl (C=O) groups is 2. The Morgan fingerprint density at radius 3 is 2.41 bits per heavy atom. The summed E-state index contributed by atoms with van der Waals surface area (Å²) in [5, 5.41) is 8.61. The van der Waals surface area contributed by atoms with E-state index in [2.05, 4.69) is 10.2 Å². The second-order valence-electron chi connectivity index (χ2n) is 7.79. The van der Waals surface area contributed by atoms with Gasteiger partial charge in [-0.2, -0.15) is 5.10 Å². The molecule has 2 amide bonds. The maximum atomic E-state index is 13.2. The number of aromatic nitrogens is 2. The fourth-order valence-corrected chi connectivity index (χ4v) is 4.42. The highest BCUT2D eigenvalue weighted by molar-refractivity contribution is 6.30. The van der Waals surface area contributed by atoms with Gasteiger partial charge in [0.1, 0.15) is 0 Å². The van der Waals surface area contributed by atoms with Crippen LogP contribution in [0, 0.1) is 0 Å². The topological polar surface area (TPSA) is 69.3 Å². The third-order valence-electron chi connectivity index (χ3n) is 6.06. The molecule has 2 fully saturated rings. The van der Waals surface area contributed by atoms with Gasteiger partial charge >= 0.3 is 0 Å². The van der Waals surface area contributed by atoms with Gasteiger partial charge < -0.3 is 9.80 Å². The minimum atomic E-state index is -0.435. The molecule has 0 bridgehead atoms. The minimum Gasteiger partial charge on any atom is -0.338 e. The van der Waals surface area contributed by atoms with Crippen LogP contribution in [-0.4, -0.2) is 58.0 Å². The van der Waals surface area contributed by atoms with Gasteiger partial charge in [-0.25, -0.2) is 0 Å². The van der Waals surface area contributed by atoms with Crippen molar-refractivity contribution in [2.24, 2.45) is 0 Å². The molecule has 1 saturated carbocycles. The number of amides is 2. The lowest BCUT2D eigenvalue weighted by Crippen LogP contribution is -2.53. The fourth-order valence-electron chi connectivity index (χ4n) is 4.23. The van der Waals surface area contributed by atoms with Gasteiger partial charge in [-0.05, 0) is 36.6 Å². The lowest BCUT2D eigenvalue weighted by Gasteiger charge is -2.36. The summed E-state index contributed by atoms with van der Waals surface area (Å²) in [4.78, 5) is 29.9. The number of H-pyrrole nitrogens is 1. The van der Waals surface area contributed by atoms with Crippen LogP contribution in [0.4, 0.5) is 0 Å². The van der Waals surface area contributed by atoms with E-state index in [1.807, 2.05) is 53.4 Å². The Hall–Kier alpha value is -2.86. The second-order valence-corrected chi connectivity index (χ2v) is 8.23. The Balaban J connectivity index is 1.28. The third kappa shape index (κ3) is 3.08. The van der Waals surface area contributed by atoms with E-state index in [9.17, 15) is 9.59 Å². The lowest BCUT2D eigenvalue weighted by atomic mass is 9.94. The van der Waals surface area contributed by atoms with Gasteiger partial charge in [-0.3, -0.25) is 14.7 Å². The molecule has 148 valence electrons. The first-order valence-corrected chi connectivity index (χ1v) is 10.2. The van der Waals surface area contributed by atoms with Crippen molar-refractivity contribution in [3.8, 4) is 0 Å². The van der Waals surface area contributed by atoms with Gasteiger partial charge in [0.05, 0.1) is 10.9 Å². The quantitative estimate of drug-likeness (QED) is 0.723. The summed E-state index contributed by atoms with van der Waals surface area (Å²) < 4.78 is 0. The SMILES string of the molecule is O=C(c1n[nH]c2ccccc12)N1CCN(C(=O)C2(c3cccc(Cl)c3)CC2)CC1. The Morgan fingerprint density at radius 2 is 1.69 bits per heavy atom. The van der Waals surface area contributed by atoms with E-state index in [1.165, 1.54) is 0 Å². The first kappa shape index (κ1) is 18.2. The van der Waals surface area contributed by atoms with E-state index >= 15 is 0 Å². The molecular weight excluding hydrogens is 388 g/mol.